The summed E-state index contributed by atoms with van der Waals surface area (Å²) in [6.07, 6.45) is 0. The van der Waals surface area contributed by atoms with Crippen molar-refractivity contribution >= 4 is 23.2 Å². The van der Waals surface area contributed by atoms with E-state index in [4.69, 9.17) is 27.9 Å². The molecular formula is C19H19Cl2N5O. The van der Waals surface area contributed by atoms with E-state index in [9.17, 15) is 0 Å². The molecule has 1 saturated heterocycles. The van der Waals surface area contributed by atoms with Crippen molar-refractivity contribution < 1.29 is 4.74 Å². The summed E-state index contributed by atoms with van der Waals surface area (Å²) in [5.41, 5.74) is 3.00. The van der Waals surface area contributed by atoms with E-state index >= 15 is 0 Å². The van der Waals surface area contributed by atoms with Crippen LogP contribution in [0.25, 0.3) is 5.69 Å². The first kappa shape index (κ1) is 18.4. The fourth-order valence-electron chi connectivity index (χ4n) is 3.35. The minimum Gasteiger partial charge on any atom is -0.379 e. The Morgan fingerprint density at radius 1 is 1.00 bits per heavy atom. The summed E-state index contributed by atoms with van der Waals surface area (Å²) >= 11 is 12.3. The maximum absolute atomic E-state index is 6.23. The van der Waals surface area contributed by atoms with Crippen LogP contribution in [0.5, 0.6) is 0 Å². The van der Waals surface area contributed by atoms with E-state index in [1.807, 2.05) is 49.4 Å². The summed E-state index contributed by atoms with van der Waals surface area (Å²) in [7, 11) is 0. The third-order valence-corrected chi connectivity index (χ3v) is 5.22. The fourth-order valence-corrected chi connectivity index (χ4v) is 3.64. The molecule has 1 aliphatic rings. The average Bonchev–Trinajstić information content (AvgIpc) is 3.15. The van der Waals surface area contributed by atoms with Crippen LogP contribution in [0.4, 0.5) is 0 Å². The molecule has 6 nitrogen and oxygen atoms in total. The molecule has 8 heteroatoms. The second kappa shape index (κ2) is 7.94. The minimum atomic E-state index is -0.112. The van der Waals surface area contributed by atoms with Crippen LogP contribution in [0.2, 0.25) is 10.0 Å². The number of halogens is 2. The molecule has 0 saturated carbocycles. The van der Waals surface area contributed by atoms with E-state index in [0.29, 0.717) is 23.3 Å². The van der Waals surface area contributed by atoms with Gasteiger partial charge in [-0.25, -0.2) is 0 Å². The third kappa shape index (κ3) is 3.84. The van der Waals surface area contributed by atoms with Gasteiger partial charge in [0.25, 0.3) is 0 Å². The highest BCUT2D eigenvalue weighted by Gasteiger charge is 2.30. The van der Waals surface area contributed by atoms with Crippen molar-refractivity contribution in [2.24, 2.45) is 0 Å². The lowest BCUT2D eigenvalue weighted by atomic mass is 10.0. The molecule has 1 unspecified atom stereocenters. The van der Waals surface area contributed by atoms with Gasteiger partial charge in [-0.15, -0.1) is 5.10 Å². The minimum absolute atomic E-state index is 0.112. The quantitative estimate of drug-likeness (QED) is 0.664. The molecule has 0 bridgehead atoms. The van der Waals surface area contributed by atoms with Gasteiger partial charge < -0.3 is 4.74 Å². The standard InChI is InChI=1S/C19H19Cl2N5O/c1-13-2-5-16(21)12-17(13)26-19(22-23-24-26)18(25-8-10-27-11-9-25)14-3-6-15(20)7-4-14/h2-7,12,18H,8-11H2,1H3. The van der Waals surface area contributed by atoms with E-state index in [1.165, 1.54) is 0 Å². The zero-order valence-electron chi connectivity index (χ0n) is 14.8. The highest BCUT2D eigenvalue weighted by molar-refractivity contribution is 6.31. The SMILES string of the molecule is Cc1ccc(Cl)cc1-n1nnnc1C(c1ccc(Cl)cc1)N1CCOCC1. The van der Waals surface area contributed by atoms with Crippen molar-refractivity contribution in [2.45, 2.75) is 13.0 Å². The molecule has 4 rings (SSSR count). The molecule has 0 radical (unpaired) electrons. The van der Waals surface area contributed by atoms with Crippen molar-refractivity contribution in [3.8, 4) is 5.69 Å². The van der Waals surface area contributed by atoms with Crippen LogP contribution in [-0.4, -0.2) is 51.4 Å². The van der Waals surface area contributed by atoms with Gasteiger partial charge in [0.2, 0.25) is 0 Å². The maximum Gasteiger partial charge on any atom is 0.178 e. The van der Waals surface area contributed by atoms with E-state index in [0.717, 1.165) is 35.7 Å². The lowest BCUT2D eigenvalue weighted by Crippen LogP contribution is -2.40. The Labute approximate surface area is 167 Å². The van der Waals surface area contributed by atoms with Crippen LogP contribution in [-0.2, 0) is 4.74 Å². The first-order chi connectivity index (χ1) is 13.1. The lowest BCUT2D eigenvalue weighted by Gasteiger charge is -2.34. The number of aryl methyl sites for hydroxylation is 1. The second-order valence-electron chi connectivity index (χ2n) is 6.48. The van der Waals surface area contributed by atoms with Crippen molar-refractivity contribution in [2.75, 3.05) is 26.3 Å². The zero-order chi connectivity index (χ0) is 18.8. The van der Waals surface area contributed by atoms with Crippen LogP contribution in [0.15, 0.2) is 42.5 Å². The van der Waals surface area contributed by atoms with E-state index in [2.05, 4.69) is 20.4 Å². The summed E-state index contributed by atoms with van der Waals surface area (Å²) in [6, 6.07) is 13.4. The first-order valence-corrected chi connectivity index (χ1v) is 9.51. The number of ether oxygens (including phenoxy) is 1. The van der Waals surface area contributed by atoms with Gasteiger partial charge in [0, 0.05) is 23.1 Å². The second-order valence-corrected chi connectivity index (χ2v) is 7.35. The number of rotatable bonds is 4. The van der Waals surface area contributed by atoms with Crippen LogP contribution >= 0.6 is 23.2 Å². The summed E-state index contributed by atoms with van der Waals surface area (Å²) in [5.74, 6) is 0.740. The van der Waals surface area contributed by atoms with Crippen molar-refractivity contribution in [1.82, 2.24) is 25.1 Å². The first-order valence-electron chi connectivity index (χ1n) is 8.75. The number of morpholine rings is 1. The molecule has 27 heavy (non-hydrogen) atoms. The number of hydrogen-bond acceptors (Lipinski definition) is 5. The molecular weight excluding hydrogens is 385 g/mol. The summed E-state index contributed by atoms with van der Waals surface area (Å²) < 4.78 is 7.31. The monoisotopic (exact) mass is 403 g/mol. The highest BCUT2D eigenvalue weighted by atomic mass is 35.5. The number of nitrogens with zero attached hydrogens (tertiary/aromatic N) is 5. The van der Waals surface area contributed by atoms with Gasteiger partial charge in [-0.3, -0.25) is 4.90 Å². The molecule has 0 spiro atoms. The van der Waals surface area contributed by atoms with Gasteiger partial charge >= 0.3 is 0 Å². The molecule has 0 aliphatic carbocycles. The molecule has 2 heterocycles. The normalized spacial score (nSPS) is 16.4. The molecule has 140 valence electrons. The van der Waals surface area contributed by atoms with E-state index in [-0.39, 0.29) is 6.04 Å². The Bertz CT molecular complexity index is 922. The molecule has 2 aromatic carbocycles. The fraction of sp³-hybridized carbons (Fsp3) is 0.316. The van der Waals surface area contributed by atoms with E-state index in [1.54, 1.807) is 4.68 Å². The van der Waals surface area contributed by atoms with Crippen LogP contribution in [0.3, 0.4) is 0 Å². The zero-order valence-corrected chi connectivity index (χ0v) is 16.4. The number of aromatic nitrogens is 4. The molecule has 3 aromatic rings. The smallest absolute Gasteiger partial charge is 0.178 e. The maximum atomic E-state index is 6.23. The molecule has 1 atom stereocenters. The van der Waals surface area contributed by atoms with Gasteiger partial charge in [0.15, 0.2) is 5.82 Å². The Morgan fingerprint density at radius 2 is 1.70 bits per heavy atom. The third-order valence-electron chi connectivity index (χ3n) is 4.73. The average molecular weight is 404 g/mol. The summed E-state index contributed by atoms with van der Waals surface area (Å²) in [6.45, 7) is 4.98. The Hall–Kier alpha value is -1.99. The number of tetrazole rings is 1. The largest absolute Gasteiger partial charge is 0.379 e. The summed E-state index contributed by atoms with van der Waals surface area (Å²) in [5, 5.41) is 13.9. The van der Waals surface area contributed by atoms with Crippen LogP contribution in [0.1, 0.15) is 23.0 Å². The van der Waals surface area contributed by atoms with Crippen molar-refractivity contribution in [1.29, 1.82) is 0 Å². The lowest BCUT2D eigenvalue weighted by molar-refractivity contribution is 0.0220. The van der Waals surface area contributed by atoms with Gasteiger partial charge in [0.05, 0.1) is 24.9 Å². The predicted octanol–water partition coefficient (Wildman–Crippen LogP) is 3.70. The Morgan fingerprint density at radius 3 is 2.44 bits per heavy atom. The van der Waals surface area contributed by atoms with Gasteiger partial charge in [-0.1, -0.05) is 41.4 Å². The Balaban J connectivity index is 1.82. The molecule has 0 N–H and O–H groups in total. The van der Waals surface area contributed by atoms with Crippen LogP contribution < -0.4 is 0 Å². The Kier molecular flexibility index (Phi) is 5.41. The van der Waals surface area contributed by atoms with Crippen molar-refractivity contribution in [3.05, 3.63) is 69.5 Å². The highest BCUT2D eigenvalue weighted by Crippen LogP contribution is 2.31. The molecule has 0 amide bonds. The topological polar surface area (TPSA) is 56.1 Å². The van der Waals surface area contributed by atoms with E-state index < -0.39 is 0 Å². The predicted molar refractivity (Wildman–Crippen MR) is 105 cm³/mol. The molecule has 1 fully saturated rings. The number of hydrogen-bond donors (Lipinski definition) is 0. The summed E-state index contributed by atoms with van der Waals surface area (Å²) in [4.78, 5) is 2.33. The molecule has 1 aliphatic heterocycles. The van der Waals surface area contributed by atoms with Gasteiger partial charge in [-0.05, 0) is 52.7 Å². The van der Waals surface area contributed by atoms with Gasteiger partial charge in [0.1, 0.15) is 0 Å². The van der Waals surface area contributed by atoms with Crippen LogP contribution in [0, 0.1) is 6.92 Å². The number of benzene rings is 2. The van der Waals surface area contributed by atoms with Crippen molar-refractivity contribution in [3.63, 3.8) is 0 Å². The van der Waals surface area contributed by atoms with Gasteiger partial charge in [-0.2, -0.15) is 4.68 Å². The molecule has 1 aromatic heterocycles.